The fraction of sp³-hybridized carbons (Fsp3) is 0.350. The largest absolute Gasteiger partial charge is 0.346 e. The van der Waals surface area contributed by atoms with Crippen LogP contribution in [0.4, 0.5) is 13.2 Å². The molecule has 0 N–H and O–H groups in total. The maximum Gasteiger partial charge on any atom is 0.254 e. The van der Waals surface area contributed by atoms with Gasteiger partial charge in [0.1, 0.15) is 23.6 Å². The molecule has 1 amide bonds. The number of carbonyl (C=O) groups is 1. The summed E-state index contributed by atoms with van der Waals surface area (Å²) in [5.41, 5.74) is 1.79. The molecule has 0 bridgehead atoms. The van der Waals surface area contributed by atoms with Crippen molar-refractivity contribution in [1.29, 1.82) is 0 Å². The monoisotopic (exact) mass is 388 g/mol. The predicted molar refractivity (Wildman–Crippen MR) is 97.8 cm³/mol. The lowest BCUT2D eigenvalue weighted by Gasteiger charge is -2.27. The number of halogens is 3. The van der Waals surface area contributed by atoms with Crippen LogP contribution >= 0.6 is 0 Å². The van der Waals surface area contributed by atoms with Gasteiger partial charge in [0, 0.05) is 37.8 Å². The van der Waals surface area contributed by atoms with Gasteiger partial charge in [-0.25, -0.2) is 13.2 Å². The van der Waals surface area contributed by atoms with Gasteiger partial charge in [0.15, 0.2) is 0 Å². The van der Waals surface area contributed by atoms with Crippen molar-refractivity contribution < 1.29 is 18.0 Å². The van der Waals surface area contributed by atoms with Crippen molar-refractivity contribution in [3.05, 3.63) is 64.5 Å². The van der Waals surface area contributed by atoms with E-state index in [0.29, 0.717) is 29.2 Å². The minimum absolute atomic E-state index is 0.0186. The normalized spacial score (nSPS) is 20.9. The van der Waals surface area contributed by atoms with E-state index in [9.17, 15) is 18.0 Å². The summed E-state index contributed by atoms with van der Waals surface area (Å²) in [5, 5.41) is 0. The van der Waals surface area contributed by atoms with Crippen LogP contribution in [-0.2, 0) is 6.54 Å². The average molecular weight is 388 g/mol. The molecule has 0 aliphatic carbocycles. The van der Waals surface area contributed by atoms with E-state index >= 15 is 0 Å². The van der Waals surface area contributed by atoms with E-state index in [1.54, 1.807) is 25.1 Å². The van der Waals surface area contributed by atoms with Gasteiger partial charge in [0.2, 0.25) is 0 Å². The highest BCUT2D eigenvalue weighted by atomic mass is 19.1. The Morgan fingerprint density at radius 2 is 2.04 bits per heavy atom. The van der Waals surface area contributed by atoms with Gasteiger partial charge >= 0.3 is 0 Å². The van der Waals surface area contributed by atoms with Crippen molar-refractivity contribution in [3.63, 3.8) is 0 Å². The molecule has 1 saturated heterocycles. The van der Waals surface area contributed by atoms with Crippen molar-refractivity contribution in [2.45, 2.75) is 25.2 Å². The Hall–Kier alpha value is -2.90. The van der Waals surface area contributed by atoms with Gasteiger partial charge in [-0.15, -0.1) is 0 Å². The SMILES string of the molecule is CN(C)C(=O)c1cnc2c(c1)C(N1C[C@@H](F)C[C@@H]1c1cc(F)ccc1F)=NC2. The number of nitrogens with zero attached hydrogens (tertiary/aromatic N) is 4. The maximum atomic E-state index is 14.3. The number of amidine groups is 1. The summed E-state index contributed by atoms with van der Waals surface area (Å²) in [4.78, 5) is 24.1. The van der Waals surface area contributed by atoms with E-state index in [-0.39, 0.29) is 24.4 Å². The lowest BCUT2D eigenvalue weighted by Crippen LogP contribution is -2.32. The van der Waals surface area contributed by atoms with Crippen LogP contribution < -0.4 is 0 Å². The summed E-state index contributed by atoms with van der Waals surface area (Å²) in [7, 11) is 3.28. The van der Waals surface area contributed by atoms with Crippen LogP contribution in [-0.4, -0.2) is 53.3 Å². The first-order valence-corrected chi connectivity index (χ1v) is 8.96. The third-order valence-electron chi connectivity index (χ3n) is 5.08. The van der Waals surface area contributed by atoms with E-state index in [4.69, 9.17) is 0 Å². The van der Waals surface area contributed by atoms with Gasteiger partial charge < -0.3 is 9.80 Å². The van der Waals surface area contributed by atoms with Crippen LogP contribution in [0.2, 0.25) is 0 Å². The molecule has 0 spiro atoms. The molecule has 0 radical (unpaired) electrons. The molecule has 2 atom stereocenters. The molecule has 4 rings (SSSR count). The molecular formula is C20H19F3N4O. The Bertz CT molecular complexity index is 976. The van der Waals surface area contributed by atoms with Crippen molar-refractivity contribution in [3.8, 4) is 0 Å². The van der Waals surface area contributed by atoms with Gasteiger partial charge in [-0.2, -0.15) is 0 Å². The van der Waals surface area contributed by atoms with Crippen LogP contribution in [0.25, 0.3) is 0 Å². The van der Waals surface area contributed by atoms with E-state index in [1.165, 1.54) is 11.1 Å². The fourth-order valence-corrected chi connectivity index (χ4v) is 3.75. The summed E-state index contributed by atoms with van der Waals surface area (Å²) in [5.74, 6) is -0.907. The number of hydrogen-bond donors (Lipinski definition) is 0. The maximum absolute atomic E-state index is 14.3. The smallest absolute Gasteiger partial charge is 0.254 e. The molecular weight excluding hydrogens is 369 g/mol. The van der Waals surface area contributed by atoms with Crippen molar-refractivity contribution in [2.75, 3.05) is 20.6 Å². The van der Waals surface area contributed by atoms with Crippen molar-refractivity contribution in [1.82, 2.24) is 14.8 Å². The highest BCUT2D eigenvalue weighted by molar-refractivity contribution is 6.04. The second-order valence-electron chi connectivity index (χ2n) is 7.22. The van der Waals surface area contributed by atoms with Gasteiger partial charge in [-0.05, 0) is 24.3 Å². The van der Waals surface area contributed by atoms with Crippen molar-refractivity contribution in [2.24, 2.45) is 4.99 Å². The van der Waals surface area contributed by atoms with E-state index in [0.717, 1.165) is 18.2 Å². The number of likely N-dealkylation sites (tertiary alicyclic amines) is 1. The first-order valence-electron chi connectivity index (χ1n) is 8.96. The molecule has 0 unspecified atom stereocenters. The predicted octanol–water partition coefficient (Wildman–Crippen LogP) is 3.11. The molecule has 28 heavy (non-hydrogen) atoms. The number of fused-ring (bicyclic) bond motifs is 1. The topological polar surface area (TPSA) is 48.8 Å². The van der Waals surface area contributed by atoms with Crippen LogP contribution in [0.5, 0.6) is 0 Å². The number of aliphatic imine (C=N–C) groups is 1. The highest BCUT2D eigenvalue weighted by Crippen LogP contribution is 2.38. The molecule has 2 aromatic rings. The van der Waals surface area contributed by atoms with E-state index in [2.05, 4.69) is 9.98 Å². The molecule has 1 aromatic heterocycles. The standard InChI is InChI=1S/C20H19F3N4O/c1-26(2)20(28)11-5-15-17(24-8-11)9-25-19(15)27-10-13(22)7-18(27)14-6-12(21)3-4-16(14)23/h3-6,8,13,18H,7,9-10H2,1-2H3/t13-,18+/m0/s1. The Morgan fingerprint density at radius 1 is 1.25 bits per heavy atom. The molecule has 146 valence electrons. The molecule has 1 fully saturated rings. The number of rotatable bonds is 2. The van der Waals surface area contributed by atoms with Crippen LogP contribution in [0.15, 0.2) is 35.5 Å². The molecule has 2 aliphatic rings. The first-order chi connectivity index (χ1) is 13.3. The Labute approximate surface area is 160 Å². The number of alkyl halides is 1. The minimum atomic E-state index is -1.20. The second kappa shape index (κ2) is 6.92. The molecule has 3 heterocycles. The summed E-state index contributed by atoms with van der Waals surface area (Å²) < 4.78 is 42.3. The number of benzene rings is 1. The first kappa shape index (κ1) is 18.5. The number of carbonyl (C=O) groups excluding carboxylic acids is 1. The third kappa shape index (κ3) is 3.12. The lowest BCUT2D eigenvalue weighted by molar-refractivity contribution is 0.0827. The Morgan fingerprint density at radius 3 is 2.79 bits per heavy atom. The average Bonchev–Trinajstić information content (AvgIpc) is 3.25. The molecule has 5 nitrogen and oxygen atoms in total. The molecule has 8 heteroatoms. The summed E-state index contributed by atoms with van der Waals surface area (Å²) in [6.45, 7) is 0.317. The van der Waals surface area contributed by atoms with Gasteiger partial charge in [0.25, 0.3) is 5.91 Å². The zero-order chi connectivity index (χ0) is 20.0. The van der Waals surface area contributed by atoms with Gasteiger partial charge in [-0.1, -0.05) is 0 Å². The van der Waals surface area contributed by atoms with Crippen LogP contribution in [0, 0.1) is 11.6 Å². The Kier molecular flexibility index (Phi) is 4.56. The lowest BCUT2D eigenvalue weighted by atomic mass is 10.0. The van der Waals surface area contributed by atoms with Gasteiger partial charge in [0.05, 0.1) is 30.4 Å². The highest BCUT2D eigenvalue weighted by Gasteiger charge is 2.39. The molecule has 1 aromatic carbocycles. The van der Waals surface area contributed by atoms with Gasteiger partial charge in [-0.3, -0.25) is 14.8 Å². The van der Waals surface area contributed by atoms with Crippen molar-refractivity contribution >= 4 is 11.7 Å². The number of amides is 1. The van der Waals surface area contributed by atoms with Crippen LogP contribution in [0.1, 0.15) is 39.6 Å². The number of pyridine rings is 1. The minimum Gasteiger partial charge on any atom is -0.346 e. The number of aromatic nitrogens is 1. The summed E-state index contributed by atoms with van der Waals surface area (Å²) in [6, 6.07) is 4.20. The number of hydrogen-bond acceptors (Lipinski definition) is 4. The third-order valence-corrected chi connectivity index (χ3v) is 5.08. The molecule has 0 saturated carbocycles. The fourth-order valence-electron chi connectivity index (χ4n) is 3.75. The summed E-state index contributed by atoms with van der Waals surface area (Å²) in [6.07, 6.45) is 0.336. The second-order valence-corrected chi connectivity index (χ2v) is 7.22. The van der Waals surface area contributed by atoms with Crippen LogP contribution in [0.3, 0.4) is 0 Å². The molecule has 2 aliphatic heterocycles. The zero-order valence-electron chi connectivity index (χ0n) is 15.5. The quantitative estimate of drug-likeness (QED) is 0.794. The Balaban J connectivity index is 1.73. The summed E-state index contributed by atoms with van der Waals surface area (Å²) >= 11 is 0. The van der Waals surface area contributed by atoms with E-state index in [1.807, 2.05) is 0 Å². The van der Waals surface area contributed by atoms with E-state index < -0.39 is 23.8 Å². The zero-order valence-corrected chi connectivity index (χ0v) is 15.5.